The number of thiophene rings is 1. The maximum absolute atomic E-state index is 12.1. The van der Waals surface area contributed by atoms with E-state index in [4.69, 9.17) is 21.1 Å². The van der Waals surface area contributed by atoms with Crippen molar-refractivity contribution in [3.63, 3.8) is 0 Å². The van der Waals surface area contributed by atoms with Crippen LogP contribution in [0.1, 0.15) is 17.8 Å². The van der Waals surface area contributed by atoms with Gasteiger partial charge in [0.2, 0.25) is 0 Å². The first-order valence-corrected chi connectivity index (χ1v) is 7.83. The van der Waals surface area contributed by atoms with Crippen molar-refractivity contribution in [1.29, 1.82) is 0 Å². The molecule has 7 heteroatoms. The van der Waals surface area contributed by atoms with E-state index >= 15 is 0 Å². The van der Waals surface area contributed by atoms with Crippen LogP contribution in [0.3, 0.4) is 0 Å². The highest BCUT2D eigenvalue weighted by Crippen LogP contribution is 2.35. The molecule has 1 heterocycles. The summed E-state index contributed by atoms with van der Waals surface area (Å²) < 4.78 is 10.4. The Morgan fingerprint density at radius 2 is 2.00 bits per heavy atom. The molecule has 1 unspecified atom stereocenters. The molecule has 2 rings (SSSR count). The zero-order valence-electron chi connectivity index (χ0n) is 12.5. The molecule has 0 spiro atoms. The molecule has 1 atom stereocenters. The summed E-state index contributed by atoms with van der Waals surface area (Å²) in [5, 5.41) is 7.96. The number of benzene rings is 1. The lowest BCUT2D eigenvalue weighted by molar-refractivity contribution is 0.249. The quantitative estimate of drug-likeness (QED) is 0.853. The standard InChI is InChI=1S/C15H17ClN2O3S/c1-9(14-5-4-6-22-14)17-15(19)18-11-7-10(16)12(20-2)8-13(11)21-3/h4-9H,1-3H3,(H2,17,18,19). The number of ether oxygens (including phenoxy) is 2. The van der Waals surface area contributed by atoms with Gasteiger partial charge in [-0.3, -0.25) is 0 Å². The Labute approximate surface area is 138 Å². The van der Waals surface area contributed by atoms with Crippen molar-refractivity contribution < 1.29 is 14.3 Å². The van der Waals surface area contributed by atoms with Gasteiger partial charge >= 0.3 is 6.03 Å². The van der Waals surface area contributed by atoms with E-state index in [1.165, 1.54) is 14.2 Å². The van der Waals surface area contributed by atoms with E-state index in [-0.39, 0.29) is 12.1 Å². The summed E-state index contributed by atoms with van der Waals surface area (Å²) in [6, 6.07) is 6.72. The van der Waals surface area contributed by atoms with E-state index in [0.717, 1.165) is 4.88 Å². The topological polar surface area (TPSA) is 59.6 Å². The second-order valence-corrected chi connectivity index (χ2v) is 5.91. The molecule has 0 fully saturated rings. The van der Waals surface area contributed by atoms with Crippen LogP contribution in [-0.2, 0) is 0 Å². The summed E-state index contributed by atoms with van der Waals surface area (Å²) in [6.45, 7) is 1.92. The van der Waals surface area contributed by atoms with E-state index < -0.39 is 0 Å². The number of nitrogens with one attached hydrogen (secondary N) is 2. The molecule has 2 aromatic rings. The van der Waals surface area contributed by atoms with Crippen LogP contribution in [0.2, 0.25) is 5.02 Å². The monoisotopic (exact) mass is 340 g/mol. The van der Waals surface area contributed by atoms with Gasteiger partial charge in [-0.1, -0.05) is 17.7 Å². The Morgan fingerprint density at radius 1 is 1.27 bits per heavy atom. The van der Waals surface area contributed by atoms with Crippen molar-refractivity contribution in [2.24, 2.45) is 0 Å². The van der Waals surface area contributed by atoms with E-state index in [2.05, 4.69) is 10.6 Å². The molecule has 0 aliphatic heterocycles. The minimum Gasteiger partial charge on any atom is -0.495 e. The Morgan fingerprint density at radius 3 is 2.59 bits per heavy atom. The van der Waals surface area contributed by atoms with Crippen LogP contribution >= 0.6 is 22.9 Å². The molecule has 0 saturated carbocycles. The van der Waals surface area contributed by atoms with Crippen LogP contribution in [0.15, 0.2) is 29.6 Å². The van der Waals surface area contributed by atoms with Crippen molar-refractivity contribution >= 4 is 34.7 Å². The summed E-state index contributed by atoms with van der Waals surface area (Å²) in [6.07, 6.45) is 0. The Hall–Kier alpha value is -1.92. The highest BCUT2D eigenvalue weighted by atomic mass is 35.5. The van der Waals surface area contributed by atoms with Gasteiger partial charge in [0.15, 0.2) is 0 Å². The summed E-state index contributed by atoms with van der Waals surface area (Å²) in [5.74, 6) is 0.955. The van der Waals surface area contributed by atoms with Gasteiger partial charge in [0, 0.05) is 10.9 Å². The smallest absolute Gasteiger partial charge is 0.319 e. The Kier molecular flexibility index (Phi) is 5.51. The van der Waals surface area contributed by atoms with Crippen molar-refractivity contribution in [1.82, 2.24) is 5.32 Å². The van der Waals surface area contributed by atoms with E-state index in [9.17, 15) is 4.79 Å². The maximum atomic E-state index is 12.1. The lowest BCUT2D eigenvalue weighted by Gasteiger charge is -2.16. The zero-order chi connectivity index (χ0) is 16.1. The number of carbonyl (C=O) groups is 1. The number of hydrogen-bond donors (Lipinski definition) is 2. The second-order valence-electron chi connectivity index (χ2n) is 4.52. The van der Waals surface area contributed by atoms with Crippen LogP contribution < -0.4 is 20.1 Å². The average molecular weight is 341 g/mol. The zero-order valence-corrected chi connectivity index (χ0v) is 14.0. The van der Waals surface area contributed by atoms with Crippen molar-refractivity contribution in [3.8, 4) is 11.5 Å². The van der Waals surface area contributed by atoms with Gasteiger partial charge in [-0.2, -0.15) is 0 Å². The first kappa shape index (κ1) is 16.5. The normalized spacial score (nSPS) is 11.6. The third-order valence-corrected chi connectivity index (χ3v) is 4.39. The molecule has 1 aromatic carbocycles. The minimum absolute atomic E-state index is 0.0836. The van der Waals surface area contributed by atoms with Crippen LogP contribution in [0.25, 0.3) is 0 Å². The first-order chi connectivity index (χ1) is 10.5. The number of anilines is 1. The molecule has 22 heavy (non-hydrogen) atoms. The number of amides is 2. The van der Waals surface area contributed by atoms with Crippen molar-refractivity contribution in [2.45, 2.75) is 13.0 Å². The predicted octanol–water partition coefficient (Wildman–Crippen LogP) is 4.30. The van der Waals surface area contributed by atoms with Crippen LogP contribution in [0.5, 0.6) is 11.5 Å². The molecule has 0 aliphatic rings. The molecular weight excluding hydrogens is 324 g/mol. The lowest BCUT2D eigenvalue weighted by Crippen LogP contribution is -2.30. The van der Waals surface area contributed by atoms with Crippen molar-refractivity contribution in [3.05, 3.63) is 39.5 Å². The van der Waals surface area contributed by atoms with Crippen LogP contribution in [0.4, 0.5) is 10.5 Å². The molecule has 0 radical (unpaired) electrons. The molecular formula is C15H17ClN2O3S. The van der Waals surface area contributed by atoms with Crippen LogP contribution in [-0.4, -0.2) is 20.3 Å². The first-order valence-electron chi connectivity index (χ1n) is 6.57. The highest BCUT2D eigenvalue weighted by Gasteiger charge is 2.14. The van der Waals surface area contributed by atoms with Gasteiger partial charge in [0.05, 0.1) is 31.0 Å². The molecule has 1 aromatic heterocycles. The SMILES string of the molecule is COc1cc(OC)c(NC(=O)NC(C)c2cccs2)cc1Cl. The molecule has 118 valence electrons. The third kappa shape index (κ3) is 3.84. The Bertz CT molecular complexity index is 646. The largest absolute Gasteiger partial charge is 0.495 e. The lowest BCUT2D eigenvalue weighted by atomic mass is 10.2. The van der Waals surface area contributed by atoms with Gasteiger partial charge in [-0.25, -0.2) is 4.79 Å². The molecule has 0 aliphatic carbocycles. The summed E-state index contributed by atoms with van der Waals surface area (Å²) in [7, 11) is 3.03. The summed E-state index contributed by atoms with van der Waals surface area (Å²) in [5.41, 5.74) is 0.476. The summed E-state index contributed by atoms with van der Waals surface area (Å²) in [4.78, 5) is 13.2. The fourth-order valence-electron chi connectivity index (χ4n) is 1.92. The Balaban J connectivity index is 2.09. The molecule has 0 saturated heterocycles. The number of hydrogen-bond acceptors (Lipinski definition) is 4. The number of methoxy groups -OCH3 is 2. The fraction of sp³-hybridized carbons (Fsp3) is 0.267. The van der Waals surface area contributed by atoms with E-state index in [0.29, 0.717) is 22.2 Å². The van der Waals surface area contributed by atoms with Gasteiger partial charge in [0.1, 0.15) is 11.5 Å². The fourth-order valence-corrected chi connectivity index (χ4v) is 2.90. The molecule has 2 N–H and O–H groups in total. The third-order valence-electron chi connectivity index (χ3n) is 3.04. The number of carbonyl (C=O) groups excluding carboxylic acids is 1. The van der Waals surface area contributed by atoms with E-state index in [1.54, 1.807) is 23.5 Å². The minimum atomic E-state index is -0.333. The summed E-state index contributed by atoms with van der Waals surface area (Å²) >= 11 is 7.67. The number of halogens is 1. The number of rotatable bonds is 5. The van der Waals surface area contributed by atoms with Gasteiger partial charge < -0.3 is 20.1 Å². The molecule has 2 amide bonds. The van der Waals surface area contributed by atoms with Crippen LogP contribution in [0, 0.1) is 0 Å². The molecule has 5 nitrogen and oxygen atoms in total. The maximum Gasteiger partial charge on any atom is 0.319 e. The van der Waals surface area contributed by atoms with Gasteiger partial charge in [-0.05, 0) is 24.4 Å². The van der Waals surface area contributed by atoms with E-state index in [1.807, 2.05) is 24.4 Å². The highest BCUT2D eigenvalue weighted by molar-refractivity contribution is 7.10. The van der Waals surface area contributed by atoms with Gasteiger partial charge in [0.25, 0.3) is 0 Å². The predicted molar refractivity (Wildman–Crippen MR) is 89.4 cm³/mol. The second kappa shape index (κ2) is 7.38. The molecule has 0 bridgehead atoms. The number of urea groups is 1. The van der Waals surface area contributed by atoms with Gasteiger partial charge in [-0.15, -0.1) is 11.3 Å². The average Bonchev–Trinajstić information content (AvgIpc) is 3.01. The van der Waals surface area contributed by atoms with Crippen molar-refractivity contribution in [2.75, 3.05) is 19.5 Å².